The van der Waals surface area contributed by atoms with Crippen LogP contribution in [0.2, 0.25) is 0 Å². The molecule has 2 aromatic carbocycles. The van der Waals surface area contributed by atoms with Gasteiger partial charge in [0.1, 0.15) is 0 Å². The molecule has 160 valence electrons. The summed E-state index contributed by atoms with van der Waals surface area (Å²) in [5.41, 5.74) is 1.27. The normalized spacial score (nSPS) is 10.4. The summed E-state index contributed by atoms with van der Waals surface area (Å²) in [5, 5.41) is 2.15. The molecule has 30 heavy (non-hydrogen) atoms. The van der Waals surface area contributed by atoms with Gasteiger partial charge in [0.25, 0.3) is 0 Å². The highest BCUT2D eigenvalue weighted by Gasteiger charge is 2.09. The van der Waals surface area contributed by atoms with Crippen molar-refractivity contribution in [2.45, 2.75) is 39.0 Å². The third-order valence-electron chi connectivity index (χ3n) is 4.39. The van der Waals surface area contributed by atoms with Crippen LogP contribution in [0.15, 0.2) is 54.6 Å². The lowest BCUT2D eigenvalue weighted by atomic mass is 10.0. The lowest BCUT2D eigenvalue weighted by molar-refractivity contribution is -0.146. The van der Waals surface area contributed by atoms with E-state index < -0.39 is 5.97 Å². The fourth-order valence-electron chi connectivity index (χ4n) is 2.81. The van der Waals surface area contributed by atoms with Crippen LogP contribution in [-0.2, 0) is 35.0 Å². The van der Waals surface area contributed by atoms with Gasteiger partial charge in [0.05, 0.1) is 26.2 Å². The number of hydrogen-bond donors (Lipinski definition) is 0. The molecule has 0 saturated heterocycles. The number of ether oxygens (including phenoxy) is 3. The van der Waals surface area contributed by atoms with Crippen molar-refractivity contribution < 1.29 is 28.6 Å². The van der Waals surface area contributed by atoms with Gasteiger partial charge >= 0.3 is 17.9 Å². The number of carbonyl (C=O) groups excluding carboxylic acids is 3. The zero-order chi connectivity index (χ0) is 21.8. The van der Waals surface area contributed by atoms with E-state index in [1.54, 1.807) is 6.92 Å². The SMILES string of the molecule is C=C(C)C(=O)OCCCC(=O)OCCCCOC(=O)Cc1cccc2ccccc12. The van der Waals surface area contributed by atoms with E-state index in [1.165, 1.54) is 0 Å². The molecule has 0 spiro atoms. The van der Waals surface area contributed by atoms with Gasteiger partial charge in [0, 0.05) is 12.0 Å². The topological polar surface area (TPSA) is 78.9 Å². The van der Waals surface area contributed by atoms with Gasteiger partial charge in [-0.25, -0.2) is 4.79 Å². The molecule has 0 atom stereocenters. The van der Waals surface area contributed by atoms with E-state index in [4.69, 9.17) is 14.2 Å². The highest BCUT2D eigenvalue weighted by atomic mass is 16.5. The molecular formula is C24H28O6. The number of fused-ring (bicyclic) bond motifs is 1. The molecule has 6 nitrogen and oxygen atoms in total. The van der Waals surface area contributed by atoms with Crippen LogP contribution in [0.1, 0.15) is 38.2 Å². The van der Waals surface area contributed by atoms with Crippen LogP contribution >= 0.6 is 0 Å². The van der Waals surface area contributed by atoms with Crippen LogP contribution < -0.4 is 0 Å². The second-order valence-electron chi connectivity index (χ2n) is 6.98. The largest absolute Gasteiger partial charge is 0.466 e. The molecule has 0 fully saturated rings. The highest BCUT2D eigenvalue weighted by molar-refractivity contribution is 5.89. The van der Waals surface area contributed by atoms with E-state index in [9.17, 15) is 14.4 Å². The molecule has 0 N–H and O–H groups in total. The van der Waals surface area contributed by atoms with Crippen molar-refractivity contribution in [2.24, 2.45) is 0 Å². The molecule has 0 unspecified atom stereocenters. The number of hydrogen-bond acceptors (Lipinski definition) is 6. The van der Waals surface area contributed by atoms with Gasteiger partial charge in [-0.15, -0.1) is 0 Å². The molecule has 2 aromatic rings. The number of esters is 3. The molecule has 0 amide bonds. The van der Waals surface area contributed by atoms with Gasteiger partial charge in [-0.05, 0) is 42.5 Å². The maximum atomic E-state index is 12.1. The van der Waals surface area contributed by atoms with Gasteiger partial charge in [0.15, 0.2) is 0 Å². The van der Waals surface area contributed by atoms with Gasteiger partial charge < -0.3 is 14.2 Å². The summed E-state index contributed by atoms with van der Waals surface area (Å²) in [6.07, 6.45) is 2.04. The third kappa shape index (κ3) is 8.07. The first kappa shape index (κ1) is 23.1. The summed E-state index contributed by atoms with van der Waals surface area (Å²) in [5.74, 6) is -1.07. The van der Waals surface area contributed by atoms with Gasteiger partial charge in [-0.1, -0.05) is 49.0 Å². The monoisotopic (exact) mass is 412 g/mol. The maximum absolute atomic E-state index is 12.1. The Bertz CT molecular complexity index is 881. The zero-order valence-corrected chi connectivity index (χ0v) is 17.4. The van der Waals surface area contributed by atoms with Crippen molar-refractivity contribution in [1.82, 2.24) is 0 Å². The second kappa shape index (κ2) is 12.4. The Balaban J connectivity index is 1.54. The Morgan fingerprint density at radius 2 is 1.43 bits per heavy atom. The summed E-state index contributed by atoms with van der Waals surface area (Å²) in [7, 11) is 0. The third-order valence-corrected chi connectivity index (χ3v) is 4.39. The smallest absolute Gasteiger partial charge is 0.333 e. The number of unbranched alkanes of at least 4 members (excludes halogenated alkanes) is 1. The fraction of sp³-hybridized carbons (Fsp3) is 0.375. The Labute approximate surface area is 176 Å². The Morgan fingerprint density at radius 1 is 0.800 bits per heavy atom. The van der Waals surface area contributed by atoms with Gasteiger partial charge in [-0.2, -0.15) is 0 Å². The van der Waals surface area contributed by atoms with Crippen LogP contribution in [0.4, 0.5) is 0 Å². The molecule has 0 aliphatic carbocycles. The molecule has 0 aliphatic heterocycles. The first-order valence-electron chi connectivity index (χ1n) is 10.1. The van der Waals surface area contributed by atoms with Gasteiger partial charge in [-0.3, -0.25) is 9.59 Å². The molecule has 0 aromatic heterocycles. The fourth-order valence-corrected chi connectivity index (χ4v) is 2.81. The van der Waals surface area contributed by atoms with Crippen LogP contribution in [0.25, 0.3) is 10.8 Å². The lowest BCUT2D eigenvalue weighted by Gasteiger charge is -2.08. The van der Waals surface area contributed by atoms with Crippen molar-refractivity contribution in [3.63, 3.8) is 0 Å². The Hall–Kier alpha value is -3.15. The van der Waals surface area contributed by atoms with E-state index in [1.807, 2.05) is 42.5 Å². The minimum Gasteiger partial charge on any atom is -0.466 e. The predicted octanol–water partition coefficient (Wildman–Crippen LogP) is 4.15. The molecule has 6 heteroatoms. The van der Waals surface area contributed by atoms with Crippen molar-refractivity contribution in [2.75, 3.05) is 19.8 Å². The molecular weight excluding hydrogens is 384 g/mol. The lowest BCUT2D eigenvalue weighted by Crippen LogP contribution is -2.11. The molecule has 0 heterocycles. The van der Waals surface area contributed by atoms with Crippen molar-refractivity contribution in [1.29, 1.82) is 0 Å². The van der Waals surface area contributed by atoms with Crippen molar-refractivity contribution in [3.05, 3.63) is 60.2 Å². The average molecular weight is 412 g/mol. The number of carbonyl (C=O) groups is 3. The summed E-state index contributed by atoms with van der Waals surface area (Å²) < 4.78 is 15.3. The van der Waals surface area contributed by atoms with E-state index in [-0.39, 0.29) is 44.6 Å². The van der Waals surface area contributed by atoms with Crippen molar-refractivity contribution >= 4 is 28.7 Å². The summed E-state index contributed by atoms with van der Waals surface area (Å²) in [6, 6.07) is 13.8. The van der Waals surface area contributed by atoms with E-state index in [0.717, 1.165) is 16.3 Å². The maximum Gasteiger partial charge on any atom is 0.333 e. The summed E-state index contributed by atoms with van der Waals surface area (Å²) in [6.45, 7) is 5.77. The first-order valence-corrected chi connectivity index (χ1v) is 10.1. The average Bonchev–Trinajstić information content (AvgIpc) is 2.73. The van der Waals surface area contributed by atoms with Crippen molar-refractivity contribution in [3.8, 4) is 0 Å². The first-order chi connectivity index (χ1) is 14.5. The molecule has 0 radical (unpaired) electrons. The quantitative estimate of drug-likeness (QED) is 0.226. The molecule has 0 bridgehead atoms. The number of benzene rings is 2. The molecule has 2 rings (SSSR count). The van der Waals surface area contributed by atoms with Crippen LogP contribution in [-0.4, -0.2) is 37.7 Å². The summed E-state index contributed by atoms with van der Waals surface area (Å²) >= 11 is 0. The number of rotatable bonds is 12. The second-order valence-corrected chi connectivity index (χ2v) is 6.98. The Morgan fingerprint density at radius 3 is 2.17 bits per heavy atom. The van der Waals surface area contributed by atoms with Crippen LogP contribution in [0, 0.1) is 0 Å². The van der Waals surface area contributed by atoms with Crippen LogP contribution in [0.5, 0.6) is 0 Å². The minimum atomic E-state index is -0.460. The predicted molar refractivity (Wildman–Crippen MR) is 114 cm³/mol. The highest BCUT2D eigenvalue weighted by Crippen LogP contribution is 2.19. The van der Waals surface area contributed by atoms with E-state index in [0.29, 0.717) is 24.8 Å². The molecule has 0 aliphatic rings. The molecule has 0 saturated carbocycles. The van der Waals surface area contributed by atoms with E-state index in [2.05, 4.69) is 6.58 Å². The van der Waals surface area contributed by atoms with E-state index >= 15 is 0 Å². The standard InChI is InChI=1S/C24H28O6/c1-18(2)24(27)30-16-8-13-22(25)28-14-5-6-15-29-23(26)17-20-11-7-10-19-9-3-4-12-21(19)20/h3-4,7,9-12H,1,5-6,8,13-17H2,2H3. The summed E-state index contributed by atoms with van der Waals surface area (Å²) in [4.78, 5) is 34.9. The minimum absolute atomic E-state index is 0.160. The van der Waals surface area contributed by atoms with Crippen LogP contribution in [0.3, 0.4) is 0 Å². The zero-order valence-electron chi connectivity index (χ0n) is 17.4. The Kier molecular flexibility index (Phi) is 9.58. The van der Waals surface area contributed by atoms with Gasteiger partial charge in [0.2, 0.25) is 0 Å².